The van der Waals surface area contributed by atoms with E-state index in [1.807, 2.05) is 60.7 Å². The zero-order chi connectivity index (χ0) is 24.0. The van der Waals surface area contributed by atoms with Crippen LogP contribution in [0.25, 0.3) is 23.3 Å². The van der Waals surface area contributed by atoms with Gasteiger partial charge in [-0.15, -0.1) is 0 Å². The molecule has 0 atom stereocenters. The summed E-state index contributed by atoms with van der Waals surface area (Å²) in [5.41, 5.74) is 3.18. The van der Waals surface area contributed by atoms with Crippen LogP contribution >= 0.6 is 0 Å². The summed E-state index contributed by atoms with van der Waals surface area (Å²) < 4.78 is 50.4. The highest BCUT2D eigenvalue weighted by Crippen LogP contribution is 2.25. The zero-order valence-corrected chi connectivity index (χ0v) is 19.8. The van der Waals surface area contributed by atoms with Crippen molar-refractivity contribution in [1.29, 1.82) is 0 Å². The van der Waals surface area contributed by atoms with E-state index in [0.29, 0.717) is 0 Å². The van der Waals surface area contributed by atoms with E-state index in [4.69, 9.17) is 0 Å². The molecule has 6 heteroatoms. The molecule has 0 aliphatic rings. The Labute approximate surface area is 200 Å². The second-order valence-corrected chi connectivity index (χ2v) is 11.2. The Morgan fingerprint density at radius 3 is 1.06 bits per heavy atom. The first-order valence-corrected chi connectivity index (χ1v) is 13.6. The first-order valence-electron chi connectivity index (χ1n) is 10.5. The molecule has 0 N–H and O–H groups in total. The molecule has 0 fully saturated rings. The Morgan fingerprint density at radius 1 is 0.412 bits per heavy atom. The van der Waals surface area contributed by atoms with Crippen LogP contribution < -0.4 is 0 Å². The lowest BCUT2D eigenvalue weighted by Crippen LogP contribution is -1.97. The van der Waals surface area contributed by atoms with Gasteiger partial charge in [-0.05, 0) is 58.7 Å². The van der Waals surface area contributed by atoms with Crippen LogP contribution in [0.2, 0.25) is 0 Å². The summed E-state index contributed by atoms with van der Waals surface area (Å²) in [7, 11) is -7.16. The summed E-state index contributed by atoms with van der Waals surface area (Å²) in [6.07, 6.45) is 3.13. The molecule has 4 rings (SSSR count). The van der Waals surface area contributed by atoms with Gasteiger partial charge in [0.2, 0.25) is 0 Å². The lowest BCUT2D eigenvalue weighted by molar-refractivity contribution is 0.603. The average molecular weight is 487 g/mol. The van der Waals surface area contributed by atoms with E-state index in [0.717, 1.165) is 22.3 Å². The first-order chi connectivity index (χ1) is 16.3. The van der Waals surface area contributed by atoms with Crippen LogP contribution in [0.3, 0.4) is 0 Å². The van der Waals surface area contributed by atoms with E-state index in [2.05, 4.69) is 0 Å². The summed E-state index contributed by atoms with van der Waals surface area (Å²) in [6.45, 7) is 0. The summed E-state index contributed by atoms with van der Waals surface area (Å²) in [5.74, 6) is 0. The van der Waals surface area contributed by atoms with Gasteiger partial charge >= 0.3 is 0 Å². The van der Waals surface area contributed by atoms with Gasteiger partial charge in [0, 0.05) is 10.8 Å². The fraction of sp³-hybridized carbons (Fsp3) is 0. The Balaban J connectivity index is 1.50. The summed E-state index contributed by atoms with van der Waals surface area (Å²) in [4.78, 5) is 0.377. The molecule has 0 radical (unpaired) electrons. The van der Waals surface area contributed by atoms with Gasteiger partial charge in [0.15, 0.2) is 19.7 Å². The molecule has 0 spiro atoms. The minimum absolute atomic E-state index is 0.189. The third-order valence-electron chi connectivity index (χ3n) is 5.18. The Hall–Kier alpha value is -3.74. The summed E-state index contributed by atoms with van der Waals surface area (Å²) in [5, 5.41) is 2.39. The van der Waals surface area contributed by atoms with Crippen LogP contribution in [-0.4, -0.2) is 16.8 Å². The average Bonchev–Trinajstić information content (AvgIpc) is 2.88. The van der Waals surface area contributed by atoms with Crippen molar-refractivity contribution in [2.24, 2.45) is 0 Å². The van der Waals surface area contributed by atoms with Crippen LogP contribution in [0.15, 0.2) is 130 Å². The molecule has 34 heavy (non-hydrogen) atoms. The molecule has 0 unspecified atom stereocenters. The highest BCUT2D eigenvalue weighted by molar-refractivity contribution is 7.94. The van der Waals surface area contributed by atoms with Crippen molar-refractivity contribution in [3.63, 3.8) is 0 Å². The van der Waals surface area contributed by atoms with Crippen LogP contribution in [0.4, 0.5) is 0 Å². The molecule has 0 amide bonds. The van der Waals surface area contributed by atoms with Crippen LogP contribution in [0.5, 0.6) is 0 Å². The molecular formula is C28H22O4S2. The van der Waals surface area contributed by atoms with Crippen molar-refractivity contribution in [2.45, 2.75) is 9.79 Å². The Bertz CT molecular complexity index is 1400. The summed E-state index contributed by atoms with van der Waals surface area (Å²) >= 11 is 0. The van der Waals surface area contributed by atoms with Gasteiger partial charge < -0.3 is 0 Å². The van der Waals surface area contributed by atoms with E-state index in [9.17, 15) is 16.8 Å². The molecule has 4 aromatic carbocycles. The minimum Gasteiger partial charge on any atom is -0.219 e. The highest BCUT2D eigenvalue weighted by Gasteiger charge is 2.12. The molecule has 0 heterocycles. The molecule has 4 nitrogen and oxygen atoms in total. The smallest absolute Gasteiger partial charge is 0.199 e. The van der Waals surface area contributed by atoms with Crippen molar-refractivity contribution in [1.82, 2.24) is 0 Å². The van der Waals surface area contributed by atoms with E-state index in [-0.39, 0.29) is 9.79 Å². The molecule has 170 valence electrons. The SMILES string of the molecule is O=S(=O)(/C=C/c1ccccc1)c1ccc(-c2ccc(S(=O)(=O)/C=C/c3ccccc3)cc2)cc1. The molecule has 0 aliphatic carbocycles. The van der Waals surface area contributed by atoms with Crippen molar-refractivity contribution in [3.8, 4) is 11.1 Å². The van der Waals surface area contributed by atoms with E-state index in [1.165, 1.54) is 10.8 Å². The molecule has 0 saturated carbocycles. The lowest BCUT2D eigenvalue weighted by atomic mass is 10.1. The lowest BCUT2D eigenvalue weighted by Gasteiger charge is -2.06. The Kier molecular flexibility index (Phi) is 6.91. The van der Waals surface area contributed by atoms with Crippen molar-refractivity contribution in [3.05, 3.63) is 131 Å². The molecule has 0 aromatic heterocycles. The maximum atomic E-state index is 12.6. The molecular weight excluding hydrogens is 464 g/mol. The fourth-order valence-corrected chi connectivity index (χ4v) is 5.31. The number of rotatable bonds is 7. The number of hydrogen-bond donors (Lipinski definition) is 0. The topological polar surface area (TPSA) is 68.3 Å². The normalized spacial score (nSPS) is 12.4. The number of sulfone groups is 2. The van der Waals surface area contributed by atoms with E-state index < -0.39 is 19.7 Å². The van der Waals surface area contributed by atoms with Gasteiger partial charge in [0.25, 0.3) is 0 Å². The standard InChI is InChI=1S/C28H22O4S2/c29-33(30,21-19-23-7-3-1-4-8-23)27-15-11-25(12-16-27)26-13-17-28(18-14-26)34(31,32)22-20-24-9-5-2-6-10-24/h1-22H/b21-19+,22-20+. The first kappa shape index (κ1) is 23.4. The second-order valence-electron chi connectivity index (χ2n) is 7.57. The van der Waals surface area contributed by atoms with E-state index >= 15 is 0 Å². The molecule has 4 aromatic rings. The zero-order valence-electron chi connectivity index (χ0n) is 18.2. The largest absolute Gasteiger partial charge is 0.219 e. The number of hydrogen-bond acceptors (Lipinski definition) is 4. The third-order valence-corrected chi connectivity index (χ3v) is 8.02. The van der Waals surface area contributed by atoms with Gasteiger partial charge in [-0.3, -0.25) is 0 Å². The maximum absolute atomic E-state index is 12.6. The third kappa shape index (κ3) is 5.78. The summed E-state index contributed by atoms with van der Waals surface area (Å²) in [6, 6.07) is 31.5. The quantitative estimate of drug-likeness (QED) is 0.310. The minimum atomic E-state index is -3.58. The fourth-order valence-electron chi connectivity index (χ4n) is 3.30. The van der Waals surface area contributed by atoms with Gasteiger partial charge in [-0.1, -0.05) is 84.9 Å². The van der Waals surface area contributed by atoms with Crippen LogP contribution in [0, 0.1) is 0 Å². The van der Waals surface area contributed by atoms with Crippen molar-refractivity contribution in [2.75, 3.05) is 0 Å². The monoisotopic (exact) mass is 486 g/mol. The van der Waals surface area contributed by atoms with E-state index in [1.54, 1.807) is 60.7 Å². The number of benzene rings is 4. The maximum Gasteiger partial charge on any atom is 0.199 e. The molecule has 0 bridgehead atoms. The second kappa shape index (κ2) is 10.0. The van der Waals surface area contributed by atoms with Crippen LogP contribution in [0.1, 0.15) is 11.1 Å². The van der Waals surface area contributed by atoms with Gasteiger partial charge in [-0.2, -0.15) is 0 Å². The van der Waals surface area contributed by atoms with Crippen molar-refractivity contribution < 1.29 is 16.8 Å². The van der Waals surface area contributed by atoms with Crippen LogP contribution in [-0.2, 0) is 19.7 Å². The molecule has 0 saturated heterocycles. The van der Waals surface area contributed by atoms with Gasteiger partial charge in [-0.25, -0.2) is 16.8 Å². The molecule has 0 aliphatic heterocycles. The Morgan fingerprint density at radius 2 is 0.735 bits per heavy atom. The highest BCUT2D eigenvalue weighted by atomic mass is 32.2. The van der Waals surface area contributed by atoms with Crippen molar-refractivity contribution >= 4 is 31.8 Å². The predicted octanol–water partition coefficient (Wildman–Crippen LogP) is 6.24. The van der Waals surface area contributed by atoms with Gasteiger partial charge in [0.05, 0.1) is 9.79 Å². The van der Waals surface area contributed by atoms with Gasteiger partial charge in [0.1, 0.15) is 0 Å². The predicted molar refractivity (Wildman–Crippen MR) is 137 cm³/mol.